The highest BCUT2D eigenvalue weighted by molar-refractivity contribution is 5.91. The van der Waals surface area contributed by atoms with Crippen molar-refractivity contribution in [2.45, 2.75) is 27.2 Å². The van der Waals surface area contributed by atoms with E-state index in [0.29, 0.717) is 5.39 Å². The van der Waals surface area contributed by atoms with Crippen molar-refractivity contribution in [2.24, 2.45) is 5.92 Å². The second-order valence-corrected chi connectivity index (χ2v) is 5.29. The maximum Gasteiger partial charge on any atom is 0.242 e. The summed E-state index contributed by atoms with van der Waals surface area (Å²) in [6.07, 6.45) is 0.0632. The van der Waals surface area contributed by atoms with Gasteiger partial charge in [0.1, 0.15) is 5.82 Å². The predicted octanol–water partition coefficient (Wildman–Crippen LogP) is 1.96. The number of aromatic amines is 1. The number of aryl methyl sites for hydroxylation is 1. The molecule has 1 aromatic carbocycles. The standard InChI is InChI=1S/C15H18FN3O2/c1-8(2)15(21)19-18-14(20)7-11-9(3)17-13-5-4-10(16)6-12(11)13/h4-6,8,17H,7H2,1-3H3,(H,18,20)(H,19,21). The van der Waals surface area contributed by atoms with E-state index in [-0.39, 0.29) is 30.0 Å². The van der Waals surface area contributed by atoms with Crippen LogP contribution in [0.2, 0.25) is 0 Å². The van der Waals surface area contributed by atoms with Crippen LogP contribution in [-0.4, -0.2) is 16.8 Å². The third-order valence-electron chi connectivity index (χ3n) is 3.27. The van der Waals surface area contributed by atoms with Crippen LogP contribution in [0.25, 0.3) is 10.9 Å². The summed E-state index contributed by atoms with van der Waals surface area (Å²) in [6.45, 7) is 5.29. The Morgan fingerprint density at radius 1 is 1.29 bits per heavy atom. The van der Waals surface area contributed by atoms with Crippen molar-refractivity contribution in [3.8, 4) is 0 Å². The predicted molar refractivity (Wildman–Crippen MR) is 77.8 cm³/mol. The molecule has 0 fully saturated rings. The molecule has 0 aliphatic carbocycles. The van der Waals surface area contributed by atoms with Crippen molar-refractivity contribution >= 4 is 22.7 Å². The zero-order valence-corrected chi connectivity index (χ0v) is 12.2. The van der Waals surface area contributed by atoms with Gasteiger partial charge >= 0.3 is 0 Å². The van der Waals surface area contributed by atoms with Crippen molar-refractivity contribution in [3.05, 3.63) is 35.3 Å². The number of rotatable bonds is 3. The lowest BCUT2D eigenvalue weighted by Gasteiger charge is -2.09. The Balaban J connectivity index is 2.12. The first-order chi connectivity index (χ1) is 9.88. The molecule has 0 atom stereocenters. The smallest absolute Gasteiger partial charge is 0.242 e. The van der Waals surface area contributed by atoms with Gasteiger partial charge in [-0.2, -0.15) is 0 Å². The summed E-state index contributed by atoms with van der Waals surface area (Å²) < 4.78 is 13.3. The van der Waals surface area contributed by atoms with Crippen LogP contribution in [0.3, 0.4) is 0 Å². The van der Waals surface area contributed by atoms with E-state index in [1.165, 1.54) is 12.1 Å². The van der Waals surface area contributed by atoms with Gasteiger partial charge in [-0.05, 0) is 30.7 Å². The fraction of sp³-hybridized carbons (Fsp3) is 0.333. The topological polar surface area (TPSA) is 74.0 Å². The van der Waals surface area contributed by atoms with Crippen LogP contribution in [0.5, 0.6) is 0 Å². The first-order valence-electron chi connectivity index (χ1n) is 6.74. The lowest BCUT2D eigenvalue weighted by molar-refractivity contribution is -0.130. The van der Waals surface area contributed by atoms with Gasteiger partial charge in [0.25, 0.3) is 0 Å². The Kier molecular flexibility index (Phi) is 4.26. The van der Waals surface area contributed by atoms with E-state index in [0.717, 1.165) is 16.8 Å². The molecular formula is C15H18FN3O2. The fourth-order valence-corrected chi connectivity index (χ4v) is 2.06. The third-order valence-corrected chi connectivity index (χ3v) is 3.27. The zero-order valence-electron chi connectivity index (χ0n) is 12.2. The molecule has 2 aromatic rings. The summed E-state index contributed by atoms with van der Waals surface area (Å²) in [6, 6.07) is 4.40. The van der Waals surface area contributed by atoms with Crippen LogP contribution in [0.15, 0.2) is 18.2 Å². The Hall–Kier alpha value is -2.37. The van der Waals surface area contributed by atoms with Crippen molar-refractivity contribution in [3.63, 3.8) is 0 Å². The quantitative estimate of drug-likeness (QED) is 0.756. The lowest BCUT2D eigenvalue weighted by atomic mass is 10.1. The van der Waals surface area contributed by atoms with E-state index in [4.69, 9.17) is 0 Å². The molecule has 0 bridgehead atoms. The van der Waals surface area contributed by atoms with Gasteiger partial charge in [0.05, 0.1) is 6.42 Å². The summed E-state index contributed by atoms with van der Waals surface area (Å²) in [5.41, 5.74) is 7.02. The number of H-pyrrole nitrogens is 1. The molecule has 2 amide bonds. The van der Waals surface area contributed by atoms with Gasteiger partial charge in [-0.25, -0.2) is 4.39 Å². The Morgan fingerprint density at radius 2 is 2.00 bits per heavy atom. The Morgan fingerprint density at radius 3 is 2.67 bits per heavy atom. The van der Waals surface area contributed by atoms with E-state index < -0.39 is 0 Å². The van der Waals surface area contributed by atoms with Crippen LogP contribution in [0.4, 0.5) is 4.39 Å². The SMILES string of the molecule is Cc1[nH]c2ccc(F)cc2c1CC(=O)NNC(=O)C(C)C. The number of fused-ring (bicyclic) bond motifs is 1. The zero-order chi connectivity index (χ0) is 15.6. The minimum absolute atomic E-state index is 0.0632. The van der Waals surface area contributed by atoms with Gasteiger partial charge in [-0.3, -0.25) is 20.4 Å². The van der Waals surface area contributed by atoms with Gasteiger partial charge in [0.15, 0.2) is 0 Å². The maximum absolute atomic E-state index is 13.3. The van der Waals surface area contributed by atoms with Gasteiger partial charge < -0.3 is 4.98 Å². The first kappa shape index (κ1) is 15.0. The number of hydrogen-bond donors (Lipinski definition) is 3. The summed E-state index contributed by atoms with van der Waals surface area (Å²) >= 11 is 0. The van der Waals surface area contributed by atoms with Gasteiger partial charge in [-0.15, -0.1) is 0 Å². The molecule has 2 rings (SSSR count). The molecule has 0 unspecified atom stereocenters. The van der Waals surface area contributed by atoms with Crippen molar-refractivity contribution in [1.82, 2.24) is 15.8 Å². The largest absolute Gasteiger partial charge is 0.358 e. The number of nitrogens with one attached hydrogen (secondary N) is 3. The highest BCUT2D eigenvalue weighted by Crippen LogP contribution is 2.23. The van der Waals surface area contributed by atoms with Crippen molar-refractivity contribution in [1.29, 1.82) is 0 Å². The Labute approximate surface area is 121 Å². The fourth-order valence-electron chi connectivity index (χ4n) is 2.06. The molecular weight excluding hydrogens is 273 g/mol. The summed E-state index contributed by atoms with van der Waals surface area (Å²) in [7, 11) is 0. The third kappa shape index (κ3) is 3.39. The molecule has 1 aromatic heterocycles. The molecule has 5 nitrogen and oxygen atoms in total. The van der Waals surface area contributed by atoms with E-state index in [1.807, 2.05) is 6.92 Å². The van der Waals surface area contributed by atoms with Crippen LogP contribution >= 0.6 is 0 Å². The van der Waals surface area contributed by atoms with Crippen LogP contribution in [0.1, 0.15) is 25.1 Å². The minimum atomic E-state index is -0.351. The monoisotopic (exact) mass is 291 g/mol. The number of hydrazine groups is 1. The number of halogens is 1. The molecule has 3 N–H and O–H groups in total. The molecule has 0 saturated heterocycles. The van der Waals surface area contributed by atoms with E-state index in [9.17, 15) is 14.0 Å². The normalized spacial score (nSPS) is 10.9. The molecule has 21 heavy (non-hydrogen) atoms. The van der Waals surface area contributed by atoms with Crippen LogP contribution in [0, 0.1) is 18.7 Å². The number of hydrogen-bond acceptors (Lipinski definition) is 2. The second-order valence-electron chi connectivity index (χ2n) is 5.29. The summed E-state index contributed by atoms with van der Waals surface area (Å²) in [5, 5.41) is 0.679. The lowest BCUT2D eigenvalue weighted by Crippen LogP contribution is -2.44. The highest BCUT2D eigenvalue weighted by atomic mass is 19.1. The Bertz CT molecular complexity index is 692. The number of carbonyl (C=O) groups is 2. The molecule has 0 radical (unpaired) electrons. The number of aromatic nitrogens is 1. The molecule has 112 valence electrons. The highest BCUT2D eigenvalue weighted by Gasteiger charge is 2.14. The summed E-state index contributed by atoms with van der Waals surface area (Å²) in [4.78, 5) is 26.4. The van der Waals surface area contributed by atoms with Gasteiger partial charge in [0.2, 0.25) is 11.8 Å². The number of carbonyl (C=O) groups excluding carboxylic acids is 2. The van der Waals surface area contributed by atoms with E-state index in [2.05, 4.69) is 15.8 Å². The molecule has 0 aliphatic rings. The average molecular weight is 291 g/mol. The van der Waals surface area contributed by atoms with Gasteiger partial charge in [-0.1, -0.05) is 13.8 Å². The van der Waals surface area contributed by atoms with E-state index >= 15 is 0 Å². The van der Waals surface area contributed by atoms with E-state index in [1.54, 1.807) is 19.9 Å². The second kappa shape index (κ2) is 5.95. The minimum Gasteiger partial charge on any atom is -0.358 e. The molecule has 6 heteroatoms. The summed E-state index contributed by atoms with van der Waals surface area (Å²) in [5.74, 6) is -1.17. The van der Waals surface area contributed by atoms with Crippen molar-refractivity contribution in [2.75, 3.05) is 0 Å². The van der Waals surface area contributed by atoms with Crippen molar-refractivity contribution < 1.29 is 14.0 Å². The number of amides is 2. The molecule has 0 aliphatic heterocycles. The molecule has 0 saturated carbocycles. The first-order valence-corrected chi connectivity index (χ1v) is 6.74. The molecule has 1 heterocycles. The van der Waals surface area contributed by atoms with Crippen LogP contribution in [-0.2, 0) is 16.0 Å². The number of benzene rings is 1. The average Bonchev–Trinajstić information content (AvgIpc) is 2.72. The maximum atomic E-state index is 13.3. The van der Waals surface area contributed by atoms with Gasteiger partial charge in [0, 0.05) is 22.5 Å². The van der Waals surface area contributed by atoms with Crippen LogP contribution < -0.4 is 10.9 Å². The molecule has 0 spiro atoms.